The summed E-state index contributed by atoms with van der Waals surface area (Å²) in [5.74, 6) is -0.975. The summed E-state index contributed by atoms with van der Waals surface area (Å²) in [6, 6.07) is -0.763. The monoisotopic (exact) mass is 296 g/mol. The van der Waals surface area contributed by atoms with Gasteiger partial charge in [-0.15, -0.1) is 0 Å². The number of carbonyl (C=O) groups is 1. The third kappa shape index (κ3) is 8.34. The van der Waals surface area contributed by atoms with Gasteiger partial charge in [0.2, 0.25) is 0 Å². The minimum atomic E-state index is -3.25. The molecular weight excluding hydrogens is 271 g/mol. The Morgan fingerprint density at radius 1 is 1.32 bits per heavy atom. The van der Waals surface area contributed by atoms with Gasteiger partial charge in [0.05, 0.1) is 19.5 Å². The molecule has 0 aromatic rings. The highest BCUT2D eigenvalue weighted by molar-refractivity contribution is 7.53. The normalized spacial score (nSPS) is 13.4. The van der Waals surface area contributed by atoms with E-state index in [9.17, 15) is 9.36 Å². The van der Waals surface area contributed by atoms with Crippen LogP contribution in [-0.2, 0) is 18.4 Å². The number of nitrogens with one attached hydrogen (secondary N) is 1. The summed E-state index contributed by atoms with van der Waals surface area (Å²) in [5.41, 5.74) is 5.36. The quantitative estimate of drug-likeness (QED) is 0.368. The van der Waals surface area contributed by atoms with E-state index in [1.54, 1.807) is 13.8 Å². The number of hydrogen-bond acceptors (Lipinski definition) is 6. The Morgan fingerprint density at radius 2 is 1.89 bits per heavy atom. The predicted octanol–water partition coefficient (Wildman–Crippen LogP) is 1.38. The highest BCUT2D eigenvalue weighted by Crippen LogP contribution is 2.46. The number of carboxylic acids is 1. The summed E-state index contributed by atoms with van der Waals surface area (Å²) in [4.78, 5) is 11.1. The standard InChI is InChI=1S/C11H25N2O5P/c1-3-17-19(16,18-4-2)9-13-10(11(14)15)7-5-6-8-12/h10,13H,3-9,12H2,1-2H3,(H,14,15)/t10-/m0/s1. The zero-order chi connectivity index (χ0) is 14.7. The van der Waals surface area contributed by atoms with Gasteiger partial charge in [0.1, 0.15) is 6.04 Å². The van der Waals surface area contributed by atoms with E-state index in [1.165, 1.54) is 0 Å². The van der Waals surface area contributed by atoms with Crippen LogP contribution in [0.25, 0.3) is 0 Å². The second-order valence-corrected chi connectivity index (χ2v) is 6.04. The van der Waals surface area contributed by atoms with Crippen LogP contribution >= 0.6 is 7.60 Å². The fourth-order valence-corrected chi connectivity index (χ4v) is 3.04. The molecule has 0 saturated heterocycles. The van der Waals surface area contributed by atoms with E-state index in [0.717, 1.165) is 6.42 Å². The van der Waals surface area contributed by atoms with Crippen molar-refractivity contribution in [2.75, 3.05) is 26.0 Å². The molecule has 0 heterocycles. The van der Waals surface area contributed by atoms with E-state index in [1.807, 2.05) is 0 Å². The van der Waals surface area contributed by atoms with Gasteiger partial charge in [-0.25, -0.2) is 0 Å². The molecule has 0 amide bonds. The number of aliphatic carboxylic acids is 1. The van der Waals surface area contributed by atoms with E-state index in [0.29, 0.717) is 19.4 Å². The van der Waals surface area contributed by atoms with E-state index in [-0.39, 0.29) is 19.5 Å². The average Bonchev–Trinajstić information content (AvgIpc) is 2.33. The minimum Gasteiger partial charge on any atom is -0.480 e. The van der Waals surface area contributed by atoms with E-state index < -0.39 is 19.6 Å². The largest absolute Gasteiger partial charge is 0.480 e. The second-order valence-electron chi connectivity index (χ2n) is 3.98. The smallest absolute Gasteiger partial charge is 0.344 e. The van der Waals surface area contributed by atoms with Gasteiger partial charge in [-0.1, -0.05) is 6.42 Å². The third-order valence-electron chi connectivity index (χ3n) is 2.43. The molecule has 0 rings (SSSR count). The van der Waals surface area contributed by atoms with Gasteiger partial charge < -0.3 is 19.9 Å². The lowest BCUT2D eigenvalue weighted by atomic mass is 10.1. The second kappa shape index (κ2) is 10.3. The zero-order valence-electron chi connectivity index (χ0n) is 11.6. The fourth-order valence-electron chi connectivity index (χ4n) is 1.55. The van der Waals surface area contributed by atoms with Gasteiger partial charge in [-0.05, 0) is 33.2 Å². The van der Waals surface area contributed by atoms with Crippen molar-refractivity contribution in [2.24, 2.45) is 5.73 Å². The molecule has 0 spiro atoms. The molecule has 4 N–H and O–H groups in total. The predicted molar refractivity (Wildman–Crippen MR) is 73.2 cm³/mol. The summed E-state index contributed by atoms with van der Waals surface area (Å²) in [6.45, 7) is 4.46. The van der Waals surface area contributed by atoms with Crippen LogP contribution in [0.3, 0.4) is 0 Å². The molecule has 0 aromatic carbocycles. The molecule has 0 fully saturated rings. The highest BCUT2D eigenvalue weighted by Gasteiger charge is 2.26. The Hall–Kier alpha value is -0.460. The van der Waals surface area contributed by atoms with Crippen LogP contribution in [0.4, 0.5) is 0 Å². The van der Waals surface area contributed by atoms with Gasteiger partial charge in [0.25, 0.3) is 0 Å². The maximum Gasteiger partial charge on any atom is 0.344 e. The summed E-state index contributed by atoms with van der Waals surface area (Å²) in [7, 11) is -3.25. The van der Waals surface area contributed by atoms with Crippen LogP contribution in [0.2, 0.25) is 0 Å². The third-order valence-corrected chi connectivity index (χ3v) is 4.30. The Kier molecular flexibility index (Phi) is 10.1. The molecule has 0 aromatic heterocycles. The SMILES string of the molecule is CCOP(=O)(CN[C@@H](CCCCN)C(=O)O)OCC. The summed E-state index contributed by atoms with van der Waals surface area (Å²) in [6.07, 6.45) is 1.80. The molecule has 0 aliphatic carbocycles. The van der Waals surface area contributed by atoms with Crippen molar-refractivity contribution in [2.45, 2.75) is 39.2 Å². The Labute approximate surface area is 114 Å². The number of rotatable bonds is 12. The van der Waals surface area contributed by atoms with Crippen molar-refractivity contribution in [3.05, 3.63) is 0 Å². The molecule has 19 heavy (non-hydrogen) atoms. The van der Waals surface area contributed by atoms with Crippen molar-refractivity contribution in [3.8, 4) is 0 Å². The molecule has 1 atom stereocenters. The molecule has 0 unspecified atom stereocenters. The highest BCUT2D eigenvalue weighted by atomic mass is 31.2. The van der Waals surface area contributed by atoms with Crippen molar-refractivity contribution < 1.29 is 23.5 Å². The zero-order valence-corrected chi connectivity index (χ0v) is 12.5. The van der Waals surface area contributed by atoms with Crippen LogP contribution in [0.15, 0.2) is 0 Å². The van der Waals surface area contributed by atoms with E-state index in [2.05, 4.69) is 5.32 Å². The average molecular weight is 296 g/mol. The van der Waals surface area contributed by atoms with Crippen molar-refractivity contribution in [3.63, 3.8) is 0 Å². The first-order valence-corrected chi connectivity index (χ1v) is 8.26. The fraction of sp³-hybridized carbons (Fsp3) is 0.909. The summed E-state index contributed by atoms with van der Waals surface area (Å²) in [5, 5.41) is 11.8. The first kappa shape index (κ1) is 18.5. The van der Waals surface area contributed by atoms with Crippen LogP contribution in [0.1, 0.15) is 33.1 Å². The molecule has 7 nitrogen and oxygen atoms in total. The number of hydrogen-bond donors (Lipinski definition) is 3. The van der Waals surface area contributed by atoms with Crippen molar-refractivity contribution in [1.29, 1.82) is 0 Å². The number of carboxylic acid groups (broad SMARTS) is 1. The molecule has 114 valence electrons. The lowest BCUT2D eigenvalue weighted by molar-refractivity contribution is -0.139. The van der Waals surface area contributed by atoms with Crippen LogP contribution in [0.5, 0.6) is 0 Å². The van der Waals surface area contributed by atoms with Gasteiger partial charge in [0, 0.05) is 0 Å². The first-order valence-electron chi connectivity index (χ1n) is 6.53. The Morgan fingerprint density at radius 3 is 2.32 bits per heavy atom. The van der Waals surface area contributed by atoms with Gasteiger partial charge in [-0.3, -0.25) is 14.7 Å². The molecule has 0 saturated carbocycles. The number of unbranched alkanes of at least 4 members (excludes halogenated alkanes) is 1. The maximum atomic E-state index is 12.2. The van der Waals surface area contributed by atoms with E-state index >= 15 is 0 Å². The van der Waals surface area contributed by atoms with Gasteiger partial charge in [0.15, 0.2) is 0 Å². The van der Waals surface area contributed by atoms with Crippen LogP contribution in [0, 0.1) is 0 Å². The maximum absolute atomic E-state index is 12.2. The molecule has 0 bridgehead atoms. The lowest BCUT2D eigenvalue weighted by Gasteiger charge is -2.20. The van der Waals surface area contributed by atoms with E-state index in [4.69, 9.17) is 19.9 Å². The Balaban J connectivity index is 4.33. The topological polar surface area (TPSA) is 111 Å². The molecule has 8 heteroatoms. The molecule has 0 aliphatic rings. The van der Waals surface area contributed by atoms with Crippen molar-refractivity contribution in [1.82, 2.24) is 5.32 Å². The summed E-state index contributed by atoms with van der Waals surface area (Å²) >= 11 is 0. The first-order chi connectivity index (χ1) is 8.99. The lowest BCUT2D eigenvalue weighted by Crippen LogP contribution is -2.37. The van der Waals surface area contributed by atoms with Crippen LogP contribution < -0.4 is 11.1 Å². The van der Waals surface area contributed by atoms with Gasteiger partial charge in [-0.2, -0.15) is 0 Å². The van der Waals surface area contributed by atoms with Gasteiger partial charge >= 0.3 is 13.6 Å². The molecule has 0 radical (unpaired) electrons. The van der Waals surface area contributed by atoms with Crippen LogP contribution in [-0.4, -0.2) is 43.2 Å². The summed E-state index contributed by atoms with van der Waals surface area (Å²) < 4.78 is 22.3. The number of nitrogens with two attached hydrogens (primary N) is 1. The molecule has 0 aliphatic heterocycles. The minimum absolute atomic E-state index is 0.103. The van der Waals surface area contributed by atoms with Crippen molar-refractivity contribution >= 4 is 13.6 Å². The Bertz CT molecular complexity index is 291. The molecular formula is C11H25N2O5P.